The van der Waals surface area contributed by atoms with Crippen LogP contribution in [0.25, 0.3) is 11.4 Å². The highest BCUT2D eigenvalue weighted by molar-refractivity contribution is 5.56. The van der Waals surface area contributed by atoms with Gasteiger partial charge in [0.05, 0.1) is 7.11 Å². The van der Waals surface area contributed by atoms with Gasteiger partial charge in [-0.05, 0) is 30.2 Å². The van der Waals surface area contributed by atoms with Gasteiger partial charge in [-0.15, -0.1) is 0 Å². The van der Waals surface area contributed by atoms with Crippen molar-refractivity contribution in [2.75, 3.05) is 19.0 Å². The number of nitrogens with one attached hydrogen (secondary N) is 2. The van der Waals surface area contributed by atoms with Crippen molar-refractivity contribution in [2.24, 2.45) is 0 Å². The monoisotopic (exact) mass is 364 g/mol. The van der Waals surface area contributed by atoms with E-state index in [1.807, 2.05) is 37.3 Å². The standard InChI is InChI=1S/C21H24N4O2/c1-4-16-11-20(26)25-21(24-16)15-9-10-19(23-13-15)22-12-14(2)17-7-5-6-8-18(17)27-3/h5-11,13-14H,4,12H2,1-3H3,(H,22,23)(H,24,25,26). The number of methoxy groups -OCH3 is 1. The minimum absolute atomic E-state index is 0.148. The van der Waals surface area contributed by atoms with Crippen LogP contribution < -0.4 is 15.6 Å². The summed E-state index contributed by atoms with van der Waals surface area (Å²) in [6.07, 6.45) is 2.43. The average Bonchev–Trinajstić information content (AvgIpc) is 2.71. The van der Waals surface area contributed by atoms with E-state index in [1.54, 1.807) is 13.3 Å². The molecular formula is C21H24N4O2. The van der Waals surface area contributed by atoms with Crippen molar-refractivity contribution in [1.29, 1.82) is 0 Å². The van der Waals surface area contributed by atoms with Gasteiger partial charge in [0.2, 0.25) is 0 Å². The van der Waals surface area contributed by atoms with E-state index >= 15 is 0 Å². The van der Waals surface area contributed by atoms with Crippen LogP contribution in [0.15, 0.2) is 53.5 Å². The summed E-state index contributed by atoms with van der Waals surface area (Å²) >= 11 is 0. The van der Waals surface area contributed by atoms with Gasteiger partial charge >= 0.3 is 0 Å². The van der Waals surface area contributed by atoms with E-state index in [0.717, 1.165) is 34.9 Å². The second-order valence-corrected chi connectivity index (χ2v) is 6.39. The number of hydrogen-bond acceptors (Lipinski definition) is 5. The average molecular weight is 364 g/mol. The Kier molecular flexibility index (Phi) is 5.86. The third-order valence-electron chi connectivity index (χ3n) is 4.45. The first-order valence-electron chi connectivity index (χ1n) is 9.04. The number of benzene rings is 1. The number of ether oxygens (including phenoxy) is 1. The highest BCUT2D eigenvalue weighted by Crippen LogP contribution is 2.26. The molecule has 0 aliphatic heterocycles. The molecule has 6 nitrogen and oxygen atoms in total. The first-order valence-corrected chi connectivity index (χ1v) is 9.04. The summed E-state index contributed by atoms with van der Waals surface area (Å²) in [6, 6.07) is 13.3. The lowest BCUT2D eigenvalue weighted by molar-refractivity contribution is 0.407. The number of aryl methyl sites for hydroxylation is 1. The molecule has 0 amide bonds. The lowest BCUT2D eigenvalue weighted by Gasteiger charge is -2.16. The zero-order valence-corrected chi connectivity index (χ0v) is 15.8. The van der Waals surface area contributed by atoms with Crippen molar-refractivity contribution < 1.29 is 4.74 Å². The van der Waals surface area contributed by atoms with Crippen LogP contribution in [0.2, 0.25) is 0 Å². The maximum atomic E-state index is 11.7. The highest BCUT2D eigenvalue weighted by atomic mass is 16.5. The van der Waals surface area contributed by atoms with Gasteiger partial charge in [0.15, 0.2) is 0 Å². The van der Waals surface area contributed by atoms with Crippen molar-refractivity contribution in [3.63, 3.8) is 0 Å². The summed E-state index contributed by atoms with van der Waals surface area (Å²) in [5, 5.41) is 3.35. The molecule has 1 aromatic carbocycles. The summed E-state index contributed by atoms with van der Waals surface area (Å²) in [6.45, 7) is 4.84. The number of aromatic amines is 1. The summed E-state index contributed by atoms with van der Waals surface area (Å²) in [5.74, 6) is 2.47. The fourth-order valence-corrected chi connectivity index (χ4v) is 2.91. The van der Waals surface area contributed by atoms with Crippen LogP contribution in [0, 0.1) is 0 Å². The lowest BCUT2D eigenvalue weighted by Crippen LogP contribution is -2.12. The van der Waals surface area contributed by atoms with Gasteiger partial charge in [0, 0.05) is 36.0 Å². The second-order valence-electron chi connectivity index (χ2n) is 6.39. The van der Waals surface area contributed by atoms with Gasteiger partial charge in [-0.1, -0.05) is 32.0 Å². The van der Waals surface area contributed by atoms with E-state index < -0.39 is 0 Å². The van der Waals surface area contributed by atoms with E-state index in [2.05, 4.69) is 33.3 Å². The Bertz CT molecular complexity index is 951. The van der Waals surface area contributed by atoms with Crippen LogP contribution >= 0.6 is 0 Å². The molecule has 0 saturated carbocycles. The zero-order valence-electron chi connectivity index (χ0n) is 15.8. The number of H-pyrrole nitrogens is 1. The molecule has 3 aromatic rings. The molecular weight excluding hydrogens is 340 g/mol. The Hall–Kier alpha value is -3.15. The molecule has 6 heteroatoms. The predicted molar refractivity (Wildman–Crippen MR) is 107 cm³/mol. The van der Waals surface area contributed by atoms with Crippen molar-refractivity contribution in [2.45, 2.75) is 26.2 Å². The van der Waals surface area contributed by atoms with E-state index in [4.69, 9.17) is 4.74 Å². The molecule has 0 aliphatic rings. The molecule has 1 unspecified atom stereocenters. The zero-order chi connectivity index (χ0) is 19.2. The number of aromatic nitrogens is 3. The Labute approximate surface area is 158 Å². The molecule has 0 aliphatic carbocycles. The van der Waals surface area contributed by atoms with Crippen LogP contribution in [-0.4, -0.2) is 28.6 Å². The molecule has 0 saturated heterocycles. The Morgan fingerprint density at radius 1 is 1.22 bits per heavy atom. The molecule has 2 heterocycles. The molecule has 140 valence electrons. The number of rotatable bonds is 7. The van der Waals surface area contributed by atoms with Gasteiger partial charge < -0.3 is 15.0 Å². The van der Waals surface area contributed by atoms with E-state index in [0.29, 0.717) is 12.2 Å². The quantitative estimate of drug-likeness (QED) is 0.669. The van der Waals surface area contributed by atoms with E-state index in [9.17, 15) is 4.79 Å². The maximum absolute atomic E-state index is 11.7. The van der Waals surface area contributed by atoms with Gasteiger partial charge in [0.25, 0.3) is 5.56 Å². The molecule has 0 radical (unpaired) electrons. The minimum atomic E-state index is -0.148. The topological polar surface area (TPSA) is 79.9 Å². The van der Waals surface area contributed by atoms with E-state index in [-0.39, 0.29) is 11.5 Å². The minimum Gasteiger partial charge on any atom is -0.496 e. The summed E-state index contributed by atoms with van der Waals surface area (Å²) in [4.78, 5) is 23.4. The predicted octanol–water partition coefficient (Wildman–Crippen LogP) is 3.62. The number of anilines is 1. The van der Waals surface area contributed by atoms with Crippen molar-refractivity contribution in [1.82, 2.24) is 15.0 Å². The van der Waals surface area contributed by atoms with Crippen LogP contribution in [0.3, 0.4) is 0 Å². The SMILES string of the molecule is CCc1cc(=O)[nH]c(-c2ccc(NCC(C)c3ccccc3OC)nc2)n1. The lowest BCUT2D eigenvalue weighted by atomic mass is 10.00. The maximum Gasteiger partial charge on any atom is 0.251 e. The third-order valence-corrected chi connectivity index (χ3v) is 4.45. The molecule has 0 bridgehead atoms. The summed E-state index contributed by atoms with van der Waals surface area (Å²) in [5.41, 5.74) is 2.55. The van der Waals surface area contributed by atoms with Crippen LogP contribution in [0.1, 0.15) is 31.0 Å². The van der Waals surface area contributed by atoms with Crippen molar-refractivity contribution in [3.05, 3.63) is 70.3 Å². The number of pyridine rings is 1. The van der Waals surface area contributed by atoms with Gasteiger partial charge in [0.1, 0.15) is 17.4 Å². The number of nitrogens with zero attached hydrogens (tertiary/aromatic N) is 2. The fourth-order valence-electron chi connectivity index (χ4n) is 2.91. The van der Waals surface area contributed by atoms with Gasteiger partial charge in [-0.2, -0.15) is 0 Å². The van der Waals surface area contributed by atoms with E-state index in [1.165, 1.54) is 6.07 Å². The Morgan fingerprint density at radius 2 is 2.04 bits per heavy atom. The molecule has 3 rings (SSSR count). The summed E-state index contributed by atoms with van der Waals surface area (Å²) in [7, 11) is 1.69. The van der Waals surface area contributed by atoms with Crippen LogP contribution in [0.4, 0.5) is 5.82 Å². The van der Waals surface area contributed by atoms with Crippen molar-refractivity contribution >= 4 is 5.82 Å². The van der Waals surface area contributed by atoms with Gasteiger partial charge in [-0.25, -0.2) is 9.97 Å². The molecule has 1 atom stereocenters. The first-order chi connectivity index (χ1) is 13.1. The molecule has 0 spiro atoms. The van der Waals surface area contributed by atoms with Crippen molar-refractivity contribution in [3.8, 4) is 17.1 Å². The largest absolute Gasteiger partial charge is 0.496 e. The normalized spacial score (nSPS) is 11.8. The fraction of sp³-hybridized carbons (Fsp3) is 0.286. The highest BCUT2D eigenvalue weighted by Gasteiger charge is 2.11. The van der Waals surface area contributed by atoms with Gasteiger partial charge in [-0.3, -0.25) is 4.79 Å². The Balaban J connectivity index is 1.69. The molecule has 2 N–H and O–H groups in total. The summed E-state index contributed by atoms with van der Waals surface area (Å²) < 4.78 is 5.43. The number of para-hydroxylation sites is 1. The third kappa shape index (κ3) is 4.53. The van der Waals surface area contributed by atoms with Crippen LogP contribution in [0.5, 0.6) is 5.75 Å². The number of hydrogen-bond donors (Lipinski definition) is 2. The smallest absolute Gasteiger partial charge is 0.251 e. The second kappa shape index (κ2) is 8.49. The Morgan fingerprint density at radius 3 is 2.74 bits per heavy atom. The van der Waals surface area contributed by atoms with Crippen LogP contribution in [-0.2, 0) is 6.42 Å². The molecule has 2 aromatic heterocycles. The molecule has 0 fully saturated rings. The molecule has 27 heavy (non-hydrogen) atoms. The first kappa shape index (κ1) is 18.6.